The minimum absolute atomic E-state index is 0.106. The van der Waals surface area contributed by atoms with Crippen molar-refractivity contribution in [3.05, 3.63) is 42.5 Å². The number of benzene rings is 2. The summed E-state index contributed by atoms with van der Waals surface area (Å²) in [6, 6.07) is 8.66. The molecule has 0 bridgehead atoms. The van der Waals surface area contributed by atoms with Crippen LogP contribution in [-0.4, -0.2) is 31.9 Å². The molecule has 10 heteroatoms. The molecule has 2 aromatic rings. The van der Waals surface area contributed by atoms with Crippen LogP contribution < -0.4 is 19.5 Å². The molecule has 1 N–H and O–H groups in total. The van der Waals surface area contributed by atoms with Crippen LogP contribution in [0.25, 0.3) is 11.1 Å². The molecule has 1 saturated heterocycles. The molecule has 3 rings (SSSR count). The fraction of sp³-hybridized carbons (Fsp3) is 0.294. The van der Waals surface area contributed by atoms with Crippen molar-refractivity contribution in [1.29, 1.82) is 0 Å². The summed E-state index contributed by atoms with van der Waals surface area (Å²) in [5.74, 6) is -1.17. The van der Waals surface area contributed by atoms with Crippen molar-refractivity contribution in [3.63, 3.8) is 0 Å². The molecule has 1 fully saturated rings. The van der Waals surface area contributed by atoms with Gasteiger partial charge in [0.1, 0.15) is 11.9 Å². The standard InChI is InChI=1S/C17H13F6NO3/c18-16(19,20)26-12-3-1-2-10(6-12)11-4-5-14(25-13-8-24-9-13)15(7-11)27-17(21,22)23/h1-7,13,24H,8-9H2. The number of alkyl halides is 6. The minimum atomic E-state index is -4.95. The Bertz CT molecular complexity index is 802. The maximum absolute atomic E-state index is 12.7. The van der Waals surface area contributed by atoms with Gasteiger partial charge in [-0.1, -0.05) is 18.2 Å². The van der Waals surface area contributed by atoms with E-state index in [9.17, 15) is 26.3 Å². The molecular weight excluding hydrogens is 380 g/mol. The summed E-state index contributed by atoms with van der Waals surface area (Å²) in [6.45, 7) is 0.980. The van der Waals surface area contributed by atoms with Crippen molar-refractivity contribution in [2.75, 3.05) is 13.1 Å². The molecule has 4 nitrogen and oxygen atoms in total. The van der Waals surface area contributed by atoms with E-state index in [2.05, 4.69) is 14.8 Å². The molecule has 0 aliphatic carbocycles. The minimum Gasteiger partial charge on any atom is -0.484 e. The van der Waals surface area contributed by atoms with Gasteiger partial charge < -0.3 is 19.5 Å². The summed E-state index contributed by atoms with van der Waals surface area (Å²) < 4.78 is 88.5. The van der Waals surface area contributed by atoms with Gasteiger partial charge in [0.15, 0.2) is 11.5 Å². The SMILES string of the molecule is FC(F)(F)Oc1cccc(-c2ccc(OC3CNC3)c(OC(F)(F)F)c2)c1. The van der Waals surface area contributed by atoms with Gasteiger partial charge in [-0.3, -0.25) is 0 Å². The Morgan fingerprint density at radius 3 is 2.04 bits per heavy atom. The van der Waals surface area contributed by atoms with Crippen LogP contribution >= 0.6 is 0 Å². The number of halogens is 6. The number of nitrogens with one attached hydrogen (secondary N) is 1. The highest BCUT2D eigenvalue weighted by Gasteiger charge is 2.34. The maximum atomic E-state index is 12.7. The van der Waals surface area contributed by atoms with Crippen LogP contribution in [0.2, 0.25) is 0 Å². The van der Waals surface area contributed by atoms with Gasteiger partial charge in [0.2, 0.25) is 0 Å². The van der Waals surface area contributed by atoms with E-state index in [-0.39, 0.29) is 23.0 Å². The highest BCUT2D eigenvalue weighted by atomic mass is 19.4. The van der Waals surface area contributed by atoms with E-state index in [0.717, 1.165) is 18.2 Å². The zero-order valence-corrected chi connectivity index (χ0v) is 13.5. The van der Waals surface area contributed by atoms with Crippen LogP contribution in [0.4, 0.5) is 26.3 Å². The summed E-state index contributed by atoms with van der Waals surface area (Å²) in [7, 11) is 0. The van der Waals surface area contributed by atoms with E-state index in [1.54, 1.807) is 0 Å². The summed E-state index contributed by atoms with van der Waals surface area (Å²) in [4.78, 5) is 0. The van der Waals surface area contributed by atoms with E-state index in [0.29, 0.717) is 13.1 Å². The predicted molar refractivity (Wildman–Crippen MR) is 82.5 cm³/mol. The zero-order valence-electron chi connectivity index (χ0n) is 13.5. The van der Waals surface area contributed by atoms with Crippen molar-refractivity contribution >= 4 is 0 Å². The molecule has 146 valence electrons. The third-order valence-electron chi connectivity index (χ3n) is 3.61. The highest BCUT2D eigenvalue weighted by molar-refractivity contribution is 5.68. The Morgan fingerprint density at radius 2 is 1.44 bits per heavy atom. The van der Waals surface area contributed by atoms with E-state index >= 15 is 0 Å². The lowest BCUT2D eigenvalue weighted by Crippen LogP contribution is -2.50. The van der Waals surface area contributed by atoms with Gasteiger partial charge in [-0.25, -0.2) is 0 Å². The van der Waals surface area contributed by atoms with Gasteiger partial charge in [-0.05, 0) is 35.4 Å². The van der Waals surface area contributed by atoms with Crippen LogP contribution in [0.15, 0.2) is 42.5 Å². The van der Waals surface area contributed by atoms with E-state index in [1.807, 2.05) is 0 Å². The van der Waals surface area contributed by atoms with Crippen LogP contribution in [0.1, 0.15) is 0 Å². The van der Waals surface area contributed by atoms with Crippen molar-refractivity contribution in [2.45, 2.75) is 18.8 Å². The van der Waals surface area contributed by atoms with E-state index in [4.69, 9.17) is 4.74 Å². The number of rotatable bonds is 5. The Hall–Kier alpha value is -2.62. The molecule has 1 aliphatic heterocycles. The third kappa shape index (κ3) is 5.43. The maximum Gasteiger partial charge on any atom is 0.573 e. The van der Waals surface area contributed by atoms with E-state index in [1.165, 1.54) is 24.3 Å². The summed E-state index contributed by atoms with van der Waals surface area (Å²) in [5.41, 5.74) is 0.432. The summed E-state index contributed by atoms with van der Waals surface area (Å²) in [6.07, 6.45) is -10.1. The second kappa shape index (κ2) is 7.18. The summed E-state index contributed by atoms with van der Waals surface area (Å²) >= 11 is 0. The van der Waals surface area contributed by atoms with Crippen LogP contribution in [0, 0.1) is 0 Å². The molecule has 27 heavy (non-hydrogen) atoms. The fourth-order valence-electron chi connectivity index (χ4n) is 2.39. The highest BCUT2D eigenvalue weighted by Crippen LogP contribution is 2.38. The Balaban J connectivity index is 1.91. The molecule has 0 spiro atoms. The van der Waals surface area contributed by atoms with Crippen molar-refractivity contribution < 1.29 is 40.6 Å². The lowest BCUT2D eigenvalue weighted by atomic mass is 10.0. The molecule has 0 saturated carbocycles. The lowest BCUT2D eigenvalue weighted by molar-refractivity contribution is -0.276. The molecule has 1 aliphatic rings. The van der Waals surface area contributed by atoms with Gasteiger partial charge in [0, 0.05) is 13.1 Å². The van der Waals surface area contributed by atoms with Crippen LogP contribution in [0.5, 0.6) is 17.2 Å². The normalized spacial score (nSPS) is 15.2. The number of hydrogen-bond donors (Lipinski definition) is 1. The van der Waals surface area contributed by atoms with Gasteiger partial charge in [-0.15, -0.1) is 26.3 Å². The fourth-order valence-corrected chi connectivity index (χ4v) is 2.39. The lowest BCUT2D eigenvalue weighted by Gasteiger charge is -2.28. The molecular formula is C17H13F6NO3. The average Bonchev–Trinajstić information content (AvgIpc) is 2.49. The smallest absolute Gasteiger partial charge is 0.484 e. The van der Waals surface area contributed by atoms with Crippen molar-refractivity contribution in [2.24, 2.45) is 0 Å². The monoisotopic (exact) mass is 393 g/mol. The van der Waals surface area contributed by atoms with Gasteiger partial charge >= 0.3 is 12.7 Å². The average molecular weight is 393 g/mol. The van der Waals surface area contributed by atoms with Crippen LogP contribution in [-0.2, 0) is 0 Å². The molecule has 0 radical (unpaired) electrons. The van der Waals surface area contributed by atoms with Crippen molar-refractivity contribution in [3.8, 4) is 28.4 Å². The predicted octanol–water partition coefficient (Wildman–Crippen LogP) is 4.50. The Labute approximate surface area is 149 Å². The van der Waals surface area contributed by atoms with Crippen LogP contribution in [0.3, 0.4) is 0 Å². The first-order chi connectivity index (χ1) is 12.6. The van der Waals surface area contributed by atoms with E-state index < -0.39 is 24.2 Å². The topological polar surface area (TPSA) is 39.7 Å². The Kier molecular flexibility index (Phi) is 5.09. The van der Waals surface area contributed by atoms with Gasteiger partial charge in [-0.2, -0.15) is 0 Å². The molecule has 0 atom stereocenters. The molecule has 1 heterocycles. The first kappa shape index (κ1) is 19.2. The molecule has 0 amide bonds. The largest absolute Gasteiger partial charge is 0.573 e. The van der Waals surface area contributed by atoms with Gasteiger partial charge in [0.05, 0.1) is 0 Å². The molecule has 2 aromatic carbocycles. The summed E-state index contributed by atoms with van der Waals surface area (Å²) in [5, 5.41) is 2.92. The zero-order chi connectivity index (χ0) is 19.7. The molecule has 0 unspecified atom stereocenters. The second-order valence-electron chi connectivity index (χ2n) is 5.68. The molecule has 0 aromatic heterocycles. The second-order valence-corrected chi connectivity index (χ2v) is 5.68. The number of hydrogen-bond acceptors (Lipinski definition) is 4. The van der Waals surface area contributed by atoms with Crippen molar-refractivity contribution in [1.82, 2.24) is 5.32 Å². The quantitative estimate of drug-likeness (QED) is 0.760. The van der Waals surface area contributed by atoms with Gasteiger partial charge in [0.25, 0.3) is 0 Å². The first-order valence-corrected chi connectivity index (χ1v) is 7.72. The Morgan fingerprint density at radius 1 is 0.778 bits per heavy atom. The number of ether oxygens (including phenoxy) is 3. The first-order valence-electron chi connectivity index (χ1n) is 7.72. The third-order valence-corrected chi connectivity index (χ3v) is 3.61.